The smallest absolute Gasteiger partial charge is 0.305 e. The lowest BCUT2D eigenvalue weighted by Crippen LogP contribution is -2.33. The number of hydrogen-bond acceptors (Lipinski definition) is 3. The predicted molar refractivity (Wildman–Crippen MR) is 50.9 cm³/mol. The molecule has 0 aliphatic rings. The van der Waals surface area contributed by atoms with Gasteiger partial charge in [-0.1, -0.05) is 0 Å². The van der Waals surface area contributed by atoms with E-state index in [9.17, 15) is 18.4 Å². The molecule has 0 heterocycles. The molecule has 1 aromatic carbocycles. The van der Waals surface area contributed by atoms with Crippen LogP contribution in [-0.4, -0.2) is 22.9 Å². The van der Waals surface area contributed by atoms with E-state index in [4.69, 9.17) is 10.8 Å². The quantitative estimate of drug-likeness (QED) is 0.753. The largest absolute Gasteiger partial charge is 0.481 e. The van der Waals surface area contributed by atoms with E-state index in [1.165, 1.54) is 0 Å². The van der Waals surface area contributed by atoms with Crippen LogP contribution in [0.5, 0.6) is 0 Å². The van der Waals surface area contributed by atoms with E-state index in [2.05, 4.69) is 0 Å². The molecule has 0 bridgehead atoms. The Morgan fingerprint density at radius 3 is 2.56 bits per heavy atom. The Labute approximate surface area is 89.7 Å². The summed E-state index contributed by atoms with van der Waals surface area (Å²) in [5.74, 6) is -3.92. The van der Waals surface area contributed by atoms with Crippen LogP contribution in [0.1, 0.15) is 16.8 Å². The van der Waals surface area contributed by atoms with Gasteiger partial charge in [0.2, 0.25) is 0 Å². The number of hydrogen-bond donors (Lipinski definition) is 2. The molecule has 0 amide bonds. The fourth-order valence-electron chi connectivity index (χ4n) is 1.17. The van der Waals surface area contributed by atoms with Crippen molar-refractivity contribution in [1.29, 1.82) is 0 Å². The van der Waals surface area contributed by atoms with Crippen LogP contribution in [0.25, 0.3) is 0 Å². The highest BCUT2D eigenvalue weighted by molar-refractivity contribution is 6.01. The van der Waals surface area contributed by atoms with Gasteiger partial charge in [0.05, 0.1) is 18.0 Å². The second-order valence-corrected chi connectivity index (χ2v) is 3.19. The van der Waals surface area contributed by atoms with Crippen LogP contribution in [0, 0.1) is 11.6 Å². The molecule has 0 aromatic heterocycles. The first-order valence-electron chi connectivity index (χ1n) is 4.38. The number of nitrogens with two attached hydrogens (primary N) is 1. The van der Waals surface area contributed by atoms with Gasteiger partial charge in [0.25, 0.3) is 0 Å². The maximum atomic E-state index is 13.1. The summed E-state index contributed by atoms with van der Waals surface area (Å²) < 4.78 is 25.9. The number of ketones is 1. The fourth-order valence-corrected chi connectivity index (χ4v) is 1.17. The molecule has 1 atom stereocenters. The lowest BCUT2D eigenvalue weighted by molar-refractivity contribution is -0.137. The van der Waals surface area contributed by atoms with E-state index < -0.39 is 41.4 Å². The van der Waals surface area contributed by atoms with Crippen molar-refractivity contribution in [2.45, 2.75) is 12.5 Å². The van der Waals surface area contributed by atoms with Crippen molar-refractivity contribution in [1.82, 2.24) is 0 Å². The van der Waals surface area contributed by atoms with Gasteiger partial charge in [0.1, 0.15) is 11.6 Å². The highest BCUT2D eigenvalue weighted by Crippen LogP contribution is 2.12. The molecule has 1 aromatic rings. The number of carboxylic acid groups (broad SMARTS) is 1. The van der Waals surface area contributed by atoms with Crippen molar-refractivity contribution >= 4 is 11.8 Å². The number of carbonyl (C=O) groups is 2. The number of benzene rings is 1. The molecule has 16 heavy (non-hydrogen) atoms. The van der Waals surface area contributed by atoms with Gasteiger partial charge in [-0.05, 0) is 18.2 Å². The minimum atomic E-state index is -1.38. The van der Waals surface area contributed by atoms with Gasteiger partial charge in [-0.3, -0.25) is 9.59 Å². The van der Waals surface area contributed by atoms with E-state index in [1.54, 1.807) is 0 Å². The van der Waals surface area contributed by atoms with Gasteiger partial charge in [-0.15, -0.1) is 0 Å². The standard InChI is InChI=1S/C10H9F2NO3/c11-5-1-2-7(12)6(3-5)10(16)8(13)4-9(14)15/h1-3,8H,4,13H2,(H,14,15). The normalized spacial score (nSPS) is 12.2. The Morgan fingerprint density at radius 2 is 2.00 bits per heavy atom. The van der Waals surface area contributed by atoms with Gasteiger partial charge in [0, 0.05) is 0 Å². The molecule has 0 radical (unpaired) electrons. The molecule has 0 aliphatic carbocycles. The summed E-state index contributed by atoms with van der Waals surface area (Å²) in [7, 11) is 0. The molecule has 86 valence electrons. The highest BCUT2D eigenvalue weighted by atomic mass is 19.1. The Morgan fingerprint density at radius 1 is 1.38 bits per heavy atom. The zero-order valence-corrected chi connectivity index (χ0v) is 8.11. The first kappa shape index (κ1) is 12.3. The summed E-state index contributed by atoms with van der Waals surface area (Å²) in [5.41, 5.74) is 4.72. The summed E-state index contributed by atoms with van der Waals surface area (Å²) in [6.45, 7) is 0. The fraction of sp³-hybridized carbons (Fsp3) is 0.200. The number of halogens is 2. The van der Waals surface area contributed by atoms with Crippen molar-refractivity contribution in [3.63, 3.8) is 0 Å². The van der Waals surface area contributed by atoms with Crippen LogP contribution in [0.15, 0.2) is 18.2 Å². The van der Waals surface area contributed by atoms with Crippen molar-refractivity contribution in [2.75, 3.05) is 0 Å². The summed E-state index contributed by atoms with van der Waals surface area (Å²) in [6.07, 6.45) is -0.630. The third kappa shape index (κ3) is 2.83. The zero-order valence-electron chi connectivity index (χ0n) is 8.11. The van der Waals surface area contributed by atoms with Crippen LogP contribution >= 0.6 is 0 Å². The molecular weight excluding hydrogens is 220 g/mol. The van der Waals surface area contributed by atoms with Crippen LogP contribution in [0.3, 0.4) is 0 Å². The van der Waals surface area contributed by atoms with Crippen molar-refractivity contribution in [3.05, 3.63) is 35.4 Å². The van der Waals surface area contributed by atoms with Crippen LogP contribution in [0.4, 0.5) is 8.78 Å². The Kier molecular flexibility index (Phi) is 3.68. The van der Waals surface area contributed by atoms with Crippen molar-refractivity contribution in [3.8, 4) is 0 Å². The summed E-state index contributed by atoms with van der Waals surface area (Å²) >= 11 is 0. The molecule has 0 saturated carbocycles. The monoisotopic (exact) mass is 229 g/mol. The molecule has 1 rings (SSSR count). The summed E-state index contributed by atoms with van der Waals surface area (Å²) in [4.78, 5) is 21.8. The van der Waals surface area contributed by atoms with E-state index in [-0.39, 0.29) is 0 Å². The van der Waals surface area contributed by atoms with Crippen molar-refractivity contribution in [2.24, 2.45) is 5.73 Å². The van der Waals surface area contributed by atoms with Crippen LogP contribution in [0.2, 0.25) is 0 Å². The Hall–Kier alpha value is -1.82. The minimum Gasteiger partial charge on any atom is -0.481 e. The topological polar surface area (TPSA) is 80.4 Å². The predicted octanol–water partition coefficient (Wildman–Crippen LogP) is 0.949. The molecule has 0 aliphatic heterocycles. The average Bonchev–Trinajstić information content (AvgIpc) is 2.19. The zero-order chi connectivity index (χ0) is 12.3. The van der Waals surface area contributed by atoms with Crippen molar-refractivity contribution < 1.29 is 23.5 Å². The van der Waals surface area contributed by atoms with Gasteiger partial charge < -0.3 is 10.8 Å². The third-order valence-corrected chi connectivity index (χ3v) is 1.93. The molecule has 0 fully saturated rings. The molecule has 4 nitrogen and oxygen atoms in total. The van der Waals surface area contributed by atoms with E-state index in [0.29, 0.717) is 6.07 Å². The van der Waals surface area contributed by atoms with Gasteiger partial charge in [-0.25, -0.2) is 8.78 Å². The lowest BCUT2D eigenvalue weighted by atomic mass is 10.0. The Bertz CT molecular complexity index is 434. The molecule has 0 saturated heterocycles. The summed E-state index contributed by atoms with van der Waals surface area (Å²) in [5, 5.41) is 8.40. The van der Waals surface area contributed by atoms with E-state index >= 15 is 0 Å². The van der Waals surface area contributed by atoms with E-state index in [0.717, 1.165) is 12.1 Å². The number of aliphatic carboxylic acids is 1. The average molecular weight is 229 g/mol. The number of carbonyl (C=O) groups excluding carboxylic acids is 1. The van der Waals surface area contributed by atoms with Gasteiger partial charge >= 0.3 is 5.97 Å². The number of rotatable bonds is 4. The molecule has 6 heteroatoms. The first-order valence-corrected chi connectivity index (χ1v) is 4.38. The van der Waals surface area contributed by atoms with Crippen LogP contribution < -0.4 is 5.73 Å². The third-order valence-electron chi connectivity index (χ3n) is 1.93. The SMILES string of the molecule is NC(CC(=O)O)C(=O)c1cc(F)ccc1F. The van der Waals surface area contributed by atoms with E-state index in [1.807, 2.05) is 0 Å². The second-order valence-electron chi connectivity index (χ2n) is 3.19. The molecular formula is C10H9F2NO3. The number of carboxylic acids is 1. The van der Waals surface area contributed by atoms with Gasteiger partial charge in [-0.2, -0.15) is 0 Å². The highest BCUT2D eigenvalue weighted by Gasteiger charge is 2.22. The molecule has 0 spiro atoms. The first-order chi connectivity index (χ1) is 7.41. The lowest BCUT2D eigenvalue weighted by Gasteiger charge is -2.08. The minimum absolute atomic E-state index is 0.534. The maximum Gasteiger partial charge on any atom is 0.305 e. The summed E-state index contributed by atoms with van der Waals surface area (Å²) in [6, 6.07) is 0.957. The number of Topliss-reactive ketones (excluding diaryl/α,β-unsaturated/α-hetero) is 1. The second kappa shape index (κ2) is 4.80. The van der Waals surface area contributed by atoms with Gasteiger partial charge in [0.15, 0.2) is 5.78 Å². The van der Waals surface area contributed by atoms with Crippen LogP contribution in [-0.2, 0) is 4.79 Å². The molecule has 3 N–H and O–H groups in total. The molecule has 1 unspecified atom stereocenters. The maximum absolute atomic E-state index is 13.1. The Balaban J connectivity index is 2.95.